The van der Waals surface area contributed by atoms with E-state index in [1.54, 1.807) is 41.8 Å². The molecule has 0 radical (unpaired) electrons. The fraction of sp³-hybridized carbons (Fsp3) is 0.222. The van der Waals surface area contributed by atoms with Crippen LogP contribution >= 0.6 is 0 Å². The lowest BCUT2D eigenvalue weighted by Crippen LogP contribution is -2.31. The van der Waals surface area contributed by atoms with Crippen molar-refractivity contribution in [3.63, 3.8) is 0 Å². The topological polar surface area (TPSA) is 129 Å². The number of carbonyl (C=O) groups is 2. The Labute approximate surface area is 159 Å². The van der Waals surface area contributed by atoms with Gasteiger partial charge in [0.1, 0.15) is 22.9 Å². The van der Waals surface area contributed by atoms with Crippen molar-refractivity contribution in [3.8, 4) is 28.8 Å². The number of aromatic nitrogens is 3. The molecule has 10 nitrogen and oxygen atoms in total. The van der Waals surface area contributed by atoms with Gasteiger partial charge in [-0.1, -0.05) is 6.07 Å². The minimum Gasteiger partial charge on any atom is -0.494 e. The number of hydrogen-bond acceptors (Lipinski definition) is 7. The van der Waals surface area contributed by atoms with Crippen LogP contribution in [0.2, 0.25) is 0 Å². The number of nitrogens with zero attached hydrogens (tertiary/aromatic N) is 3. The van der Waals surface area contributed by atoms with Crippen LogP contribution in [0.1, 0.15) is 11.6 Å². The van der Waals surface area contributed by atoms with E-state index >= 15 is 0 Å². The van der Waals surface area contributed by atoms with Crippen molar-refractivity contribution in [2.75, 3.05) is 14.2 Å². The summed E-state index contributed by atoms with van der Waals surface area (Å²) in [7, 11) is 3.01. The highest BCUT2D eigenvalue weighted by Crippen LogP contribution is 2.36. The van der Waals surface area contributed by atoms with Gasteiger partial charge in [-0.3, -0.25) is 9.36 Å². The summed E-state index contributed by atoms with van der Waals surface area (Å²) in [6.07, 6.45) is 0. The number of ether oxygens (including phenoxy) is 2. The van der Waals surface area contributed by atoms with Gasteiger partial charge in [-0.05, 0) is 31.2 Å². The Morgan fingerprint density at radius 3 is 2.36 bits per heavy atom. The molecule has 0 saturated carbocycles. The van der Waals surface area contributed by atoms with Gasteiger partial charge in [0.25, 0.3) is 0 Å². The molecular formula is C18H18N4O6. The van der Waals surface area contributed by atoms with Crippen LogP contribution < -0.4 is 14.8 Å². The monoisotopic (exact) mass is 386 g/mol. The number of amides is 1. The molecular weight excluding hydrogens is 368 g/mol. The van der Waals surface area contributed by atoms with Gasteiger partial charge >= 0.3 is 11.9 Å². The molecule has 2 N–H and O–H groups in total. The van der Waals surface area contributed by atoms with Gasteiger partial charge in [0.2, 0.25) is 5.82 Å². The first-order valence-electron chi connectivity index (χ1n) is 8.19. The van der Waals surface area contributed by atoms with Crippen LogP contribution in [0, 0.1) is 6.92 Å². The van der Waals surface area contributed by atoms with E-state index in [0.717, 1.165) is 0 Å². The Morgan fingerprint density at radius 1 is 1.14 bits per heavy atom. The number of rotatable bonds is 6. The maximum absolute atomic E-state index is 11.5. The number of para-hydroxylation sites is 1. The van der Waals surface area contributed by atoms with Crippen molar-refractivity contribution in [1.82, 2.24) is 20.1 Å². The minimum absolute atomic E-state index is 0.182. The van der Waals surface area contributed by atoms with Crippen molar-refractivity contribution in [1.29, 1.82) is 0 Å². The molecule has 0 aliphatic heterocycles. The second kappa shape index (κ2) is 7.82. The molecule has 1 amide bonds. The zero-order chi connectivity index (χ0) is 20.3. The highest BCUT2D eigenvalue weighted by atomic mass is 16.5. The Hall–Kier alpha value is -3.82. The average molecular weight is 386 g/mol. The number of furan rings is 1. The van der Waals surface area contributed by atoms with Crippen LogP contribution in [0.4, 0.5) is 0 Å². The van der Waals surface area contributed by atoms with E-state index in [4.69, 9.17) is 19.0 Å². The molecule has 0 saturated heterocycles. The number of carbonyl (C=O) groups excluding carboxylic acids is 1. The molecule has 10 heteroatoms. The summed E-state index contributed by atoms with van der Waals surface area (Å²) in [5.41, 5.74) is 0.487. The number of benzene rings is 1. The number of nitrogens with one attached hydrogen (secondary N) is 1. The Morgan fingerprint density at radius 2 is 1.82 bits per heavy atom. The molecule has 2 heterocycles. The summed E-state index contributed by atoms with van der Waals surface area (Å²) < 4.78 is 18.2. The van der Waals surface area contributed by atoms with Crippen molar-refractivity contribution < 1.29 is 28.6 Å². The zero-order valence-corrected chi connectivity index (χ0v) is 15.4. The number of carboxylic acids is 1. The lowest BCUT2D eigenvalue weighted by atomic mass is 10.2. The molecule has 146 valence electrons. The van der Waals surface area contributed by atoms with Crippen molar-refractivity contribution in [2.24, 2.45) is 0 Å². The Kier molecular flexibility index (Phi) is 5.30. The molecule has 28 heavy (non-hydrogen) atoms. The van der Waals surface area contributed by atoms with Gasteiger partial charge in [0, 0.05) is 0 Å². The third-order valence-electron chi connectivity index (χ3n) is 3.92. The first-order valence-corrected chi connectivity index (χ1v) is 8.19. The van der Waals surface area contributed by atoms with E-state index in [2.05, 4.69) is 15.5 Å². The van der Waals surface area contributed by atoms with Crippen molar-refractivity contribution in [2.45, 2.75) is 13.5 Å². The number of carboxylic acid groups (broad SMARTS) is 1. The summed E-state index contributed by atoms with van der Waals surface area (Å²) in [6, 6.07) is 8.73. The van der Waals surface area contributed by atoms with E-state index in [1.165, 1.54) is 14.2 Å². The SMILES string of the molecule is COc1cccc(OC)c1-n1c(CNC(=O)C(=O)O)nnc1-c1ccc(C)o1. The summed E-state index contributed by atoms with van der Waals surface area (Å²) >= 11 is 0. The molecule has 0 unspecified atom stereocenters. The largest absolute Gasteiger partial charge is 0.494 e. The maximum atomic E-state index is 11.5. The summed E-state index contributed by atoms with van der Waals surface area (Å²) in [5.74, 6) is -0.0910. The standard InChI is InChI=1S/C18H18N4O6/c1-10-7-8-13(28-10)16-21-20-14(9-19-17(23)18(24)25)22(16)15-11(26-2)5-4-6-12(15)27-3/h4-8H,9H2,1-3H3,(H,19,23)(H,24,25). The highest BCUT2D eigenvalue weighted by Gasteiger charge is 2.24. The van der Waals surface area contributed by atoms with Gasteiger partial charge in [0.05, 0.1) is 20.8 Å². The van der Waals surface area contributed by atoms with Gasteiger partial charge in [0.15, 0.2) is 11.6 Å². The minimum atomic E-state index is -1.59. The predicted octanol–water partition coefficient (Wildman–Crippen LogP) is 1.55. The first-order chi connectivity index (χ1) is 13.5. The molecule has 0 bridgehead atoms. The summed E-state index contributed by atoms with van der Waals surface area (Å²) in [5, 5.41) is 19.3. The van der Waals surface area contributed by atoms with E-state index in [0.29, 0.717) is 34.5 Å². The molecule has 0 fully saturated rings. The van der Waals surface area contributed by atoms with E-state index < -0.39 is 11.9 Å². The third-order valence-corrected chi connectivity index (χ3v) is 3.92. The second-order valence-corrected chi connectivity index (χ2v) is 5.68. The number of methoxy groups -OCH3 is 2. The van der Waals surface area contributed by atoms with Crippen LogP contribution in [0.25, 0.3) is 17.3 Å². The molecule has 0 atom stereocenters. The lowest BCUT2D eigenvalue weighted by molar-refractivity contribution is -0.150. The first kappa shape index (κ1) is 19.0. The fourth-order valence-corrected chi connectivity index (χ4v) is 2.67. The number of hydrogen-bond donors (Lipinski definition) is 2. The average Bonchev–Trinajstić information content (AvgIpc) is 3.30. The van der Waals surface area contributed by atoms with Gasteiger partial charge in [-0.2, -0.15) is 0 Å². The van der Waals surface area contributed by atoms with Gasteiger partial charge < -0.3 is 24.3 Å². The highest BCUT2D eigenvalue weighted by molar-refractivity contribution is 6.31. The quantitative estimate of drug-likeness (QED) is 0.611. The lowest BCUT2D eigenvalue weighted by Gasteiger charge is -2.16. The van der Waals surface area contributed by atoms with Gasteiger partial charge in [-0.15, -0.1) is 10.2 Å². The van der Waals surface area contributed by atoms with E-state index in [-0.39, 0.29) is 12.4 Å². The van der Waals surface area contributed by atoms with Crippen LogP contribution in [0.3, 0.4) is 0 Å². The molecule has 3 rings (SSSR count). The number of aryl methyl sites for hydroxylation is 1. The fourth-order valence-electron chi connectivity index (χ4n) is 2.67. The van der Waals surface area contributed by atoms with Crippen molar-refractivity contribution in [3.05, 3.63) is 41.9 Å². The molecule has 2 aromatic heterocycles. The molecule has 0 aliphatic rings. The zero-order valence-electron chi connectivity index (χ0n) is 15.4. The second-order valence-electron chi connectivity index (χ2n) is 5.68. The molecule has 3 aromatic rings. The molecule has 0 aliphatic carbocycles. The maximum Gasteiger partial charge on any atom is 0.394 e. The van der Waals surface area contributed by atoms with Crippen molar-refractivity contribution >= 4 is 11.9 Å². The number of aliphatic carboxylic acids is 1. The Balaban J connectivity index is 2.18. The molecule has 0 spiro atoms. The normalized spacial score (nSPS) is 10.5. The smallest absolute Gasteiger partial charge is 0.394 e. The van der Waals surface area contributed by atoms with Gasteiger partial charge in [-0.25, -0.2) is 4.79 Å². The van der Waals surface area contributed by atoms with Crippen LogP contribution in [-0.4, -0.2) is 46.0 Å². The Bertz CT molecular complexity index is 1000. The van der Waals surface area contributed by atoms with Crippen LogP contribution in [-0.2, 0) is 16.1 Å². The van der Waals surface area contributed by atoms with E-state index in [1.807, 2.05) is 0 Å². The van der Waals surface area contributed by atoms with Crippen LogP contribution in [0.15, 0.2) is 34.7 Å². The van der Waals surface area contributed by atoms with E-state index in [9.17, 15) is 9.59 Å². The molecule has 1 aromatic carbocycles. The predicted molar refractivity (Wildman–Crippen MR) is 96.4 cm³/mol. The van der Waals surface area contributed by atoms with Crippen LogP contribution in [0.5, 0.6) is 11.5 Å². The summed E-state index contributed by atoms with van der Waals surface area (Å²) in [4.78, 5) is 22.3. The third kappa shape index (κ3) is 3.52. The summed E-state index contributed by atoms with van der Waals surface area (Å²) in [6.45, 7) is 1.61.